The topological polar surface area (TPSA) is 88.5 Å². The van der Waals surface area contributed by atoms with Gasteiger partial charge < -0.3 is 21.8 Å². The van der Waals surface area contributed by atoms with E-state index in [-0.39, 0.29) is 17.7 Å². The summed E-state index contributed by atoms with van der Waals surface area (Å²) in [6, 6.07) is 36.2. The molecule has 0 bridgehead atoms. The van der Waals surface area contributed by atoms with Gasteiger partial charge in [0.25, 0.3) is 0 Å². The molecule has 0 saturated heterocycles. The molecule has 4 rings (SSSR count). The maximum atomic E-state index is 6.23. The number of para-hydroxylation sites is 4. The van der Waals surface area contributed by atoms with Crippen LogP contribution in [0.5, 0.6) is 23.0 Å². The molecule has 4 aromatic rings. The molecule has 0 fully saturated rings. The first-order chi connectivity index (χ1) is 14.1. The van der Waals surface area contributed by atoms with E-state index in [1.165, 1.54) is 0 Å². The third kappa shape index (κ3) is 5.31. The van der Waals surface area contributed by atoms with Gasteiger partial charge >= 0.3 is 0 Å². The fourth-order valence-electron chi connectivity index (χ4n) is 3.52. The van der Waals surface area contributed by atoms with Gasteiger partial charge in [-0.25, -0.2) is 0 Å². The third-order valence-electron chi connectivity index (χ3n) is 5.06. The SMILES string of the molecule is CC(C)(c1ccccc1Oc1ccccc1)c1ccccc1Oc1ccccc1.N.N. The molecule has 0 atom stereocenters. The van der Waals surface area contributed by atoms with E-state index in [1.54, 1.807) is 0 Å². The van der Waals surface area contributed by atoms with E-state index >= 15 is 0 Å². The minimum Gasteiger partial charge on any atom is -0.457 e. The predicted octanol–water partition coefficient (Wildman–Crippen LogP) is 7.92. The monoisotopic (exact) mass is 414 g/mol. The van der Waals surface area contributed by atoms with Gasteiger partial charge in [0.2, 0.25) is 0 Å². The number of hydrogen-bond donors (Lipinski definition) is 2. The molecule has 0 amide bonds. The summed E-state index contributed by atoms with van der Waals surface area (Å²) >= 11 is 0. The molecule has 6 N–H and O–H groups in total. The van der Waals surface area contributed by atoms with Gasteiger partial charge in [0.15, 0.2) is 0 Å². The molecular weight excluding hydrogens is 384 g/mol. The number of rotatable bonds is 6. The molecule has 4 aromatic carbocycles. The van der Waals surface area contributed by atoms with Crippen LogP contribution in [0.2, 0.25) is 0 Å². The average molecular weight is 415 g/mol. The molecule has 0 spiro atoms. The highest BCUT2D eigenvalue weighted by Gasteiger charge is 2.30. The highest BCUT2D eigenvalue weighted by Crippen LogP contribution is 2.43. The molecule has 160 valence electrons. The van der Waals surface area contributed by atoms with E-state index in [0.29, 0.717) is 0 Å². The number of ether oxygens (including phenoxy) is 2. The molecule has 31 heavy (non-hydrogen) atoms. The van der Waals surface area contributed by atoms with Gasteiger partial charge in [0.05, 0.1) is 0 Å². The van der Waals surface area contributed by atoms with Gasteiger partial charge in [-0.05, 0) is 36.4 Å². The van der Waals surface area contributed by atoms with Crippen LogP contribution in [0, 0.1) is 0 Å². The Kier molecular flexibility index (Phi) is 7.97. The van der Waals surface area contributed by atoms with Crippen molar-refractivity contribution in [2.24, 2.45) is 0 Å². The molecule has 0 aliphatic heterocycles. The highest BCUT2D eigenvalue weighted by molar-refractivity contribution is 5.52. The maximum absolute atomic E-state index is 6.23. The van der Waals surface area contributed by atoms with Crippen LogP contribution in [0.15, 0.2) is 109 Å². The normalized spacial score (nSPS) is 10.4. The molecule has 0 heterocycles. The second kappa shape index (κ2) is 10.4. The maximum Gasteiger partial charge on any atom is 0.131 e. The Hall–Kier alpha value is -3.60. The zero-order valence-electron chi connectivity index (χ0n) is 18.1. The van der Waals surface area contributed by atoms with Crippen molar-refractivity contribution in [3.63, 3.8) is 0 Å². The minimum atomic E-state index is -0.323. The van der Waals surface area contributed by atoms with E-state index in [2.05, 4.69) is 38.1 Å². The summed E-state index contributed by atoms with van der Waals surface area (Å²) in [5.74, 6) is 3.34. The fourth-order valence-corrected chi connectivity index (χ4v) is 3.52. The van der Waals surface area contributed by atoms with E-state index in [1.807, 2.05) is 84.9 Å². The zero-order chi connectivity index (χ0) is 20.1. The average Bonchev–Trinajstić information content (AvgIpc) is 2.76. The Labute approximate surface area is 184 Å². The molecule has 0 radical (unpaired) electrons. The Morgan fingerprint density at radius 2 is 0.774 bits per heavy atom. The first-order valence-electron chi connectivity index (χ1n) is 9.79. The van der Waals surface area contributed by atoms with Gasteiger partial charge in [0, 0.05) is 16.5 Å². The van der Waals surface area contributed by atoms with Crippen molar-refractivity contribution in [1.29, 1.82) is 0 Å². The summed E-state index contributed by atoms with van der Waals surface area (Å²) < 4.78 is 12.5. The van der Waals surface area contributed by atoms with E-state index in [4.69, 9.17) is 9.47 Å². The zero-order valence-corrected chi connectivity index (χ0v) is 18.1. The van der Waals surface area contributed by atoms with E-state index < -0.39 is 0 Å². The number of benzene rings is 4. The van der Waals surface area contributed by atoms with Crippen molar-refractivity contribution in [1.82, 2.24) is 12.3 Å². The lowest BCUT2D eigenvalue weighted by Crippen LogP contribution is -2.20. The molecule has 0 aromatic heterocycles. The van der Waals surface area contributed by atoms with Crippen LogP contribution in [0.3, 0.4) is 0 Å². The van der Waals surface area contributed by atoms with Crippen LogP contribution >= 0.6 is 0 Å². The first-order valence-corrected chi connectivity index (χ1v) is 9.79. The van der Waals surface area contributed by atoms with E-state index in [9.17, 15) is 0 Å². The smallest absolute Gasteiger partial charge is 0.131 e. The molecule has 0 aliphatic carbocycles. The van der Waals surface area contributed by atoms with Crippen LogP contribution < -0.4 is 21.8 Å². The van der Waals surface area contributed by atoms with Crippen LogP contribution in [-0.4, -0.2) is 0 Å². The molecule has 0 saturated carbocycles. The highest BCUT2D eigenvalue weighted by atomic mass is 16.5. The first kappa shape index (κ1) is 23.7. The van der Waals surface area contributed by atoms with Crippen molar-refractivity contribution >= 4 is 0 Å². The van der Waals surface area contributed by atoms with Crippen molar-refractivity contribution in [3.8, 4) is 23.0 Å². The van der Waals surface area contributed by atoms with Gasteiger partial charge in [-0.15, -0.1) is 0 Å². The lowest BCUT2D eigenvalue weighted by atomic mass is 9.77. The second-order valence-corrected chi connectivity index (χ2v) is 7.45. The summed E-state index contributed by atoms with van der Waals surface area (Å²) in [6.45, 7) is 4.40. The van der Waals surface area contributed by atoms with E-state index in [0.717, 1.165) is 34.1 Å². The van der Waals surface area contributed by atoms with Gasteiger partial charge in [-0.3, -0.25) is 0 Å². The van der Waals surface area contributed by atoms with Crippen LogP contribution in [-0.2, 0) is 5.41 Å². The Morgan fingerprint density at radius 1 is 0.452 bits per heavy atom. The van der Waals surface area contributed by atoms with Gasteiger partial charge in [-0.2, -0.15) is 0 Å². The Morgan fingerprint density at radius 3 is 1.16 bits per heavy atom. The van der Waals surface area contributed by atoms with Gasteiger partial charge in [0.1, 0.15) is 23.0 Å². The lowest BCUT2D eigenvalue weighted by molar-refractivity contribution is 0.445. The van der Waals surface area contributed by atoms with Crippen LogP contribution in [0.1, 0.15) is 25.0 Å². The van der Waals surface area contributed by atoms with Gasteiger partial charge in [-0.1, -0.05) is 86.6 Å². The quantitative estimate of drug-likeness (QED) is 0.335. The Balaban J connectivity index is 0.00000171. The minimum absolute atomic E-state index is 0. The summed E-state index contributed by atoms with van der Waals surface area (Å²) in [7, 11) is 0. The molecule has 4 nitrogen and oxygen atoms in total. The largest absolute Gasteiger partial charge is 0.457 e. The molecule has 0 unspecified atom stereocenters. The molecule has 0 aliphatic rings. The van der Waals surface area contributed by atoms with Crippen molar-refractivity contribution < 1.29 is 9.47 Å². The summed E-state index contributed by atoms with van der Waals surface area (Å²) in [4.78, 5) is 0. The standard InChI is InChI=1S/C27H24O2.2H3N/c1-27(2,23-17-9-11-19-25(23)28-21-13-5-3-6-14-21)24-18-10-12-20-26(24)29-22-15-7-4-8-16-22;;/h3-20H,1-2H3;2*1H3. The lowest BCUT2D eigenvalue weighted by Gasteiger charge is -2.30. The van der Waals surface area contributed by atoms with Crippen LogP contribution in [0.4, 0.5) is 0 Å². The number of hydrogen-bond acceptors (Lipinski definition) is 4. The van der Waals surface area contributed by atoms with Crippen molar-refractivity contribution in [3.05, 3.63) is 120 Å². The Bertz CT molecular complexity index is 993. The summed E-state index contributed by atoms with van der Waals surface area (Å²) in [5.41, 5.74) is 1.89. The summed E-state index contributed by atoms with van der Waals surface area (Å²) in [5, 5.41) is 0. The van der Waals surface area contributed by atoms with Crippen molar-refractivity contribution in [2.45, 2.75) is 19.3 Å². The van der Waals surface area contributed by atoms with Crippen molar-refractivity contribution in [2.75, 3.05) is 0 Å². The molecule has 4 heteroatoms. The fraction of sp³-hybridized carbons (Fsp3) is 0.111. The van der Waals surface area contributed by atoms with Crippen LogP contribution in [0.25, 0.3) is 0 Å². The molecular formula is C27H30N2O2. The second-order valence-electron chi connectivity index (χ2n) is 7.45. The third-order valence-corrected chi connectivity index (χ3v) is 5.06. The predicted molar refractivity (Wildman–Crippen MR) is 128 cm³/mol. The summed E-state index contributed by atoms with van der Waals surface area (Å²) in [6.07, 6.45) is 0.